The summed E-state index contributed by atoms with van der Waals surface area (Å²) in [5.74, 6) is 0.0971. The lowest BCUT2D eigenvalue weighted by Crippen LogP contribution is -2.13. The Morgan fingerprint density at radius 2 is 1.96 bits per heavy atom. The minimum atomic E-state index is -2.88. The summed E-state index contributed by atoms with van der Waals surface area (Å²) in [6.45, 7) is 0.799. The van der Waals surface area contributed by atoms with E-state index < -0.39 is 6.61 Å². The second kappa shape index (κ2) is 8.01. The number of benzene rings is 1. The number of aromatic amines is 1. The number of ketones is 1. The second-order valence-electron chi connectivity index (χ2n) is 6.07. The van der Waals surface area contributed by atoms with Gasteiger partial charge in [-0.15, -0.1) is 5.10 Å². The molecule has 0 radical (unpaired) electrons. The molecule has 0 saturated carbocycles. The van der Waals surface area contributed by atoms with E-state index in [1.165, 1.54) is 28.5 Å². The minimum absolute atomic E-state index is 0.0681. The zero-order valence-corrected chi connectivity index (χ0v) is 16.2. The standard InChI is InChI=1S/C18H18F2N4O3S/c1-10-8-14(15(25)9-28-18-22-21-17(26)23(18)3)11(2)24(10)12-4-6-13(7-5-12)27-16(19)20/h4-8,16H,9H2,1-3H3,(H,21,26). The molecule has 0 saturated heterocycles. The van der Waals surface area contributed by atoms with E-state index in [0.29, 0.717) is 10.7 Å². The summed E-state index contributed by atoms with van der Waals surface area (Å²) >= 11 is 1.17. The van der Waals surface area contributed by atoms with Crippen molar-refractivity contribution in [3.05, 3.63) is 57.8 Å². The van der Waals surface area contributed by atoms with Crippen LogP contribution in [0, 0.1) is 13.8 Å². The van der Waals surface area contributed by atoms with E-state index in [4.69, 9.17) is 0 Å². The molecule has 148 valence electrons. The van der Waals surface area contributed by atoms with Gasteiger partial charge in [0.05, 0.1) is 5.75 Å². The average Bonchev–Trinajstić information content (AvgIpc) is 3.12. The van der Waals surface area contributed by atoms with Gasteiger partial charge in [-0.25, -0.2) is 9.89 Å². The van der Waals surface area contributed by atoms with Gasteiger partial charge < -0.3 is 9.30 Å². The van der Waals surface area contributed by atoms with Gasteiger partial charge in [-0.3, -0.25) is 9.36 Å². The van der Waals surface area contributed by atoms with E-state index in [2.05, 4.69) is 14.9 Å². The van der Waals surface area contributed by atoms with Gasteiger partial charge in [0.15, 0.2) is 10.9 Å². The van der Waals surface area contributed by atoms with Crippen LogP contribution in [0.3, 0.4) is 0 Å². The molecule has 0 aliphatic rings. The molecule has 1 aromatic carbocycles. The fraction of sp³-hybridized carbons (Fsp3) is 0.278. The number of carbonyl (C=O) groups is 1. The van der Waals surface area contributed by atoms with Gasteiger partial charge >= 0.3 is 12.3 Å². The van der Waals surface area contributed by atoms with Crippen LogP contribution in [0.25, 0.3) is 5.69 Å². The fourth-order valence-electron chi connectivity index (χ4n) is 2.89. The van der Waals surface area contributed by atoms with E-state index >= 15 is 0 Å². The molecule has 1 N–H and O–H groups in total. The van der Waals surface area contributed by atoms with Gasteiger partial charge in [-0.05, 0) is 44.2 Å². The number of halogens is 2. The molecule has 2 heterocycles. The van der Waals surface area contributed by atoms with Crippen molar-refractivity contribution < 1.29 is 18.3 Å². The smallest absolute Gasteiger partial charge is 0.387 e. The summed E-state index contributed by atoms with van der Waals surface area (Å²) in [6.07, 6.45) is 0. The Labute approximate surface area is 163 Å². The number of aromatic nitrogens is 4. The molecule has 0 fully saturated rings. The lowest BCUT2D eigenvalue weighted by atomic mass is 10.2. The maximum absolute atomic E-state index is 12.7. The molecule has 0 aliphatic heterocycles. The monoisotopic (exact) mass is 408 g/mol. The lowest BCUT2D eigenvalue weighted by molar-refractivity contribution is -0.0498. The third-order valence-corrected chi connectivity index (χ3v) is 5.25. The number of hydrogen-bond acceptors (Lipinski definition) is 5. The first-order chi connectivity index (χ1) is 13.3. The van der Waals surface area contributed by atoms with Gasteiger partial charge in [0, 0.05) is 29.7 Å². The van der Waals surface area contributed by atoms with Gasteiger partial charge in [0.2, 0.25) is 0 Å². The van der Waals surface area contributed by atoms with Crippen molar-refractivity contribution in [1.82, 2.24) is 19.3 Å². The number of carbonyl (C=O) groups excluding carboxylic acids is 1. The molecule has 0 unspecified atom stereocenters. The molecular weight excluding hydrogens is 390 g/mol. The molecule has 0 aliphatic carbocycles. The van der Waals surface area contributed by atoms with Crippen molar-refractivity contribution in [3.8, 4) is 11.4 Å². The zero-order valence-electron chi connectivity index (χ0n) is 15.4. The fourth-order valence-corrected chi connectivity index (χ4v) is 3.69. The Morgan fingerprint density at radius 3 is 2.54 bits per heavy atom. The molecule has 28 heavy (non-hydrogen) atoms. The first-order valence-corrected chi connectivity index (χ1v) is 9.28. The van der Waals surface area contributed by atoms with Crippen molar-refractivity contribution in [3.63, 3.8) is 0 Å². The predicted molar refractivity (Wildman–Crippen MR) is 101 cm³/mol. The third-order valence-electron chi connectivity index (χ3n) is 4.22. The summed E-state index contributed by atoms with van der Waals surface area (Å²) in [6, 6.07) is 8.00. The van der Waals surface area contributed by atoms with Crippen LogP contribution in [0.2, 0.25) is 0 Å². The van der Waals surface area contributed by atoms with Crippen LogP contribution in [0.5, 0.6) is 5.75 Å². The largest absolute Gasteiger partial charge is 0.435 e. The number of aryl methyl sites for hydroxylation is 1. The molecule has 0 amide bonds. The Kier molecular flexibility index (Phi) is 5.68. The highest BCUT2D eigenvalue weighted by Crippen LogP contribution is 2.25. The van der Waals surface area contributed by atoms with Crippen LogP contribution in [-0.2, 0) is 7.05 Å². The number of hydrogen-bond donors (Lipinski definition) is 1. The Hall–Kier alpha value is -2.88. The molecule has 0 spiro atoms. The van der Waals surface area contributed by atoms with E-state index in [1.807, 2.05) is 18.4 Å². The number of H-pyrrole nitrogens is 1. The summed E-state index contributed by atoms with van der Waals surface area (Å²) in [5, 5.41) is 6.63. The van der Waals surface area contributed by atoms with Crippen molar-refractivity contribution in [2.75, 3.05) is 5.75 Å². The van der Waals surface area contributed by atoms with E-state index in [-0.39, 0.29) is 23.0 Å². The van der Waals surface area contributed by atoms with Crippen molar-refractivity contribution in [2.45, 2.75) is 25.6 Å². The summed E-state index contributed by atoms with van der Waals surface area (Å²) in [5.41, 5.74) is 2.52. The third kappa shape index (κ3) is 4.01. The first kappa shape index (κ1) is 19.9. The summed E-state index contributed by atoms with van der Waals surface area (Å²) in [7, 11) is 1.58. The quantitative estimate of drug-likeness (QED) is 0.480. The van der Waals surface area contributed by atoms with Gasteiger partial charge in [-0.1, -0.05) is 11.8 Å². The number of Topliss-reactive ketones (excluding diaryl/α,β-unsaturated/α-hetero) is 1. The molecule has 2 aromatic heterocycles. The topological polar surface area (TPSA) is 81.9 Å². The molecule has 3 rings (SSSR count). The molecular formula is C18H18F2N4O3S. The van der Waals surface area contributed by atoms with Crippen LogP contribution in [-0.4, -0.2) is 37.5 Å². The summed E-state index contributed by atoms with van der Waals surface area (Å²) in [4.78, 5) is 24.1. The van der Waals surface area contributed by atoms with Gasteiger partial charge in [0.1, 0.15) is 5.75 Å². The summed E-state index contributed by atoms with van der Waals surface area (Å²) < 4.78 is 32.2. The van der Waals surface area contributed by atoms with Crippen LogP contribution in [0.1, 0.15) is 21.7 Å². The van der Waals surface area contributed by atoms with Crippen LogP contribution in [0.15, 0.2) is 40.3 Å². The SMILES string of the molecule is Cc1cc(C(=O)CSc2n[nH]c(=O)n2C)c(C)n1-c1ccc(OC(F)F)cc1. The number of rotatable bonds is 7. The highest BCUT2D eigenvalue weighted by Gasteiger charge is 2.18. The highest BCUT2D eigenvalue weighted by atomic mass is 32.2. The van der Waals surface area contributed by atoms with Gasteiger partial charge in [-0.2, -0.15) is 8.78 Å². The van der Waals surface area contributed by atoms with E-state index in [0.717, 1.165) is 17.1 Å². The lowest BCUT2D eigenvalue weighted by Gasteiger charge is -2.11. The molecule has 10 heteroatoms. The second-order valence-corrected chi connectivity index (χ2v) is 7.02. The number of thioether (sulfide) groups is 1. The maximum Gasteiger partial charge on any atom is 0.387 e. The highest BCUT2D eigenvalue weighted by molar-refractivity contribution is 7.99. The number of alkyl halides is 2. The van der Waals surface area contributed by atoms with Crippen molar-refractivity contribution >= 4 is 17.5 Å². The van der Waals surface area contributed by atoms with E-state index in [9.17, 15) is 18.4 Å². The Bertz CT molecular complexity index is 1050. The average molecular weight is 408 g/mol. The Morgan fingerprint density at radius 1 is 1.29 bits per heavy atom. The number of nitrogens with zero attached hydrogens (tertiary/aromatic N) is 3. The zero-order chi connectivity index (χ0) is 20.4. The van der Waals surface area contributed by atoms with Crippen LogP contribution in [0.4, 0.5) is 8.78 Å². The Balaban J connectivity index is 1.80. The maximum atomic E-state index is 12.7. The molecule has 0 bridgehead atoms. The van der Waals surface area contributed by atoms with Crippen molar-refractivity contribution in [2.24, 2.45) is 7.05 Å². The minimum Gasteiger partial charge on any atom is -0.435 e. The van der Waals surface area contributed by atoms with Crippen LogP contribution >= 0.6 is 11.8 Å². The normalized spacial score (nSPS) is 11.2. The van der Waals surface area contributed by atoms with E-state index in [1.54, 1.807) is 25.2 Å². The first-order valence-electron chi connectivity index (χ1n) is 8.29. The number of ether oxygens (including phenoxy) is 1. The van der Waals surface area contributed by atoms with Gasteiger partial charge in [0.25, 0.3) is 0 Å². The molecule has 7 nitrogen and oxygen atoms in total. The number of nitrogens with one attached hydrogen (secondary N) is 1. The predicted octanol–water partition coefficient (Wildman–Crippen LogP) is 3.09. The molecule has 3 aromatic rings. The van der Waals surface area contributed by atoms with Crippen molar-refractivity contribution in [1.29, 1.82) is 0 Å². The van der Waals surface area contributed by atoms with Crippen LogP contribution < -0.4 is 10.4 Å². The molecule has 0 atom stereocenters.